The molecule has 1 rings (SSSR count). The van der Waals surface area contributed by atoms with Gasteiger partial charge in [-0.3, -0.25) is 14.4 Å². The maximum Gasteiger partial charge on any atom is 0.408 e. The van der Waals surface area contributed by atoms with Gasteiger partial charge in [-0.1, -0.05) is 18.2 Å². The van der Waals surface area contributed by atoms with E-state index in [1.165, 1.54) is 12.0 Å². The van der Waals surface area contributed by atoms with Gasteiger partial charge in [-0.25, -0.2) is 4.79 Å². The Morgan fingerprint density at radius 3 is 2.19 bits per heavy atom. The molecule has 1 aromatic rings. The maximum absolute atomic E-state index is 14.2. The van der Waals surface area contributed by atoms with Crippen molar-refractivity contribution in [2.45, 2.75) is 85.0 Å². The minimum atomic E-state index is -1.06. The van der Waals surface area contributed by atoms with Crippen LogP contribution in [0.1, 0.15) is 70.7 Å². The lowest BCUT2D eigenvalue weighted by Crippen LogP contribution is -2.59. The largest absolute Gasteiger partial charge is 0.468 e. The predicted molar refractivity (Wildman–Crippen MR) is 146 cm³/mol. The normalized spacial score (nSPS) is 13.2. The number of nitrogens with one attached hydrogen (secondary N) is 2. The SMILES string of the molecule is COC(=O)CNC(=O)C(c1cccc(C)c1C)N(C(=O)C(CCSC)NC(=O)OC(C)(C)C)C(C)(C)C. The Hall–Kier alpha value is -2.75. The Labute approximate surface area is 225 Å². The highest BCUT2D eigenvalue weighted by molar-refractivity contribution is 7.98. The molecule has 2 unspecified atom stereocenters. The highest BCUT2D eigenvalue weighted by Gasteiger charge is 2.42. The van der Waals surface area contributed by atoms with Crippen molar-refractivity contribution in [2.24, 2.45) is 0 Å². The second kappa shape index (κ2) is 13.7. The van der Waals surface area contributed by atoms with Gasteiger partial charge in [0.2, 0.25) is 11.8 Å². The van der Waals surface area contributed by atoms with Crippen LogP contribution in [0.15, 0.2) is 18.2 Å². The fourth-order valence-corrected chi connectivity index (χ4v) is 4.22. The molecule has 0 fully saturated rings. The molecule has 2 atom stereocenters. The van der Waals surface area contributed by atoms with Gasteiger partial charge in [-0.2, -0.15) is 11.8 Å². The first-order valence-electron chi connectivity index (χ1n) is 12.3. The topological polar surface area (TPSA) is 114 Å². The summed E-state index contributed by atoms with van der Waals surface area (Å²) >= 11 is 1.54. The second-order valence-electron chi connectivity index (χ2n) is 10.8. The summed E-state index contributed by atoms with van der Waals surface area (Å²) in [6, 6.07) is 3.57. The zero-order valence-electron chi connectivity index (χ0n) is 23.8. The van der Waals surface area contributed by atoms with Crippen molar-refractivity contribution in [3.63, 3.8) is 0 Å². The Kier molecular flexibility index (Phi) is 11.9. The van der Waals surface area contributed by atoms with E-state index in [4.69, 9.17) is 4.74 Å². The molecule has 0 bridgehead atoms. The molecule has 37 heavy (non-hydrogen) atoms. The van der Waals surface area contributed by atoms with Crippen molar-refractivity contribution in [3.05, 3.63) is 34.9 Å². The lowest BCUT2D eigenvalue weighted by Gasteiger charge is -2.43. The summed E-state index contributed by atoms with van der Waals surface area (Å²) in [7, 11) is 1.24. The van der Waals surface area contributed by atoms with Gasteiger partial charge in [0.1, 0.15) is 24.2 Å². The minimum Gasteiger partial charge on any atom is -0.468 e. The Morgan fingerprint density at radius 2 is 1.68 bits per heavy atom. The summed E-state index contributed by atoms with van der Waals surface area (Å²) in [5.41, 5.74) is 0.870. The van der Waals surface area contributed by atoms with E-state index in [2.05, 4.69) is 15.4 Å². The van der Waals surface area contributed by atoms with Crippen molar-refractivity contribution in [1.82, 2.24) is 15.5 Å². The van der Waals surface area contributed by atoms with Gasteiger partial charge in [-0.05, 0) is 90.5 Å². The number of ether oxygens (including phenoxy) is 2. The number of carbonyl (C=O) groups is 4. The van der Waals surface area contributed by atoms with Gasteiger partial charge in [-0.15, -0.1) is 0 Å². The minimum absolute atomic E-state index is 0.338. The number of hydrogen-bond donors (Lipinski definition) is 2. The molecule has 9 nitrogen and oxygen atoms in total. The van der Waals surface area contributed by atoms with E-state index in [-0.39, 0.29) is 6.54 Å². The number of rotatable bonds is 10. The number of alkyl carbamates (subject to hydrolysis) is 1. The highest BCUT2D eigenvalue weighted by Crippen LogP contribution is 2.33. The number of hydrogen-bond acceptors (Lipinski definition) is 7. The molecule has 0 spiro atoms. The van der Waals surface area contributed by atoms with E-state index in [1.807, 2.05) is 53.0 Å². The van der Waals surface area contributed by atoms with Crippen molar-refractivity contribution in [3.8, 4) is 0 Å². The van der Waals surface area contributed by atoms with Crippen LogP contribution in [0.4, 0.5) is 4.79 Å². The zero-order valence-corrected chi connectivity index (χ0v) is 24.6. The number of esters is 1. The molecule has 0 saturated heterocycles. The van der Waals surface area contributed by atoms with Gasteiger partial charge in [0.05, 0.1) is 7.11 Å². The summed E-state index contributed by atoms with van der Waals surface area (Å²) in [5, 5.41) is 5.34. The van der Waals surface area contributed by atoms with Crippen molar-refractivity contribution in [2.75, 3.05) is 25.7 Å². The zero-order chi connectivity index (χ0) is 28.6. The van der Waals surface area contributed by atoms with Gasteiger partial charge < -0.3 is 25.0 Å². The molecule has 0 heterocycles. The molecule has 3 amide bonds. The van der Waals surface area contributed by atoms with Gasteiger partial charge in [0.15, 0.2) is 0 Å². The maximum atomic E-state index is 14.2. The molecule has 208 valence electrons. The molecule has 0 radical (unpaired) electrons. The van der Waals surface area contributed by atoms with E-state index in [9.17, 15) is 19.2 Å². The summed E-state index contributed by atoms with van der Waals surface area (Å²) < 4.78 is 10.1. The average molecular weight is 538 g/mol. The predicted octanol–water partition coefficient (Wildman–Crippen LogP) is 3.91. The molecule has 0 saturated carbocycles. The summed E-state index contributed by atoms with van der Waals surface area (Å²) in [4.78, 5) is 53.7. The van der Waals surface area contributed by atoms with Gasteiger partial charge >= 0.3 is 12.1 Å². The van der Waals surface area contributed by atoms with E-state index in [1.54, 1.807) is 38.6 Å². The third-order valence-electron chi connectivity index (χ3n) is 5.64. The number of benzene rings is 1. The lowest BCUT2D eigenvalue weighted by atomic mass is 9.91. The first-order valence-corrected chi connectivity index (χ1v) is 13.6. The van der Waals surface area contributed by atoms with Crippen LogP contribution in [-0.2, 0) is 23.9 Å². The Morgan fingerprint density at radius 1 is 1.05 bits per heavy atom. The van der Waals surface area contributed by atoms with Crippen molar-refractivity contribution >= 4 is 35.6 Å². The second-order valence-corrected chi connectivity index (χ2v) is 11.8. The highest BCUT2D eigenvalue weighted by atomic mass is 32.2. The molecule has 0 aliphatic rings. The Bertz CT molecular complexity index is 968. The first-order chi connectivity index (χ1) is 17.0. The first kappa shape index (κ1) is 32.3. The third-order valence-corrected chi connectivity index (χ3v) is 6.29. The standard InChI is InChI=1S/C27H43N3O6S/c1-17-12-11-13-19(18(17)2)22(23(32)28-16-21(31)35-9)30(26(3,4)5)24(33)20(14-15-37-10)29-25(34)36-27(6,7)8/h11-13,20,22H,14-16H2,1-10H3,(H,28,32)(H,29,34). The number of thioether (sulfide) groups is 1. The van der Waals surface area contributed by atoms with Crippen LogP contribution in [0.5, 0.6) is 0 Å². The average Bonchev–Trinajstić information content (AvgIpc) is 2.77. The van der Waals surface area contributed by atoms with Crippen LogP contribution >= 0.6 is 11.8 Å². The fraction of sp³-hybridized carbons (Fsp3) is 0.630. The molecular formula is C27H43N3O6S. The van der Waals surface area contributed by atoms with Crippen molar-refractivity contribution in [1.29, 1.82) is 0 Å². The summed E-state index contributed by atoms with van der Waals surface area (Å²) in [6.07, 6.45) is 1.55. The number of carbonyl (C=O) groups excluding carboxylic acids is 4. The van der Waals surface area contributed by atoms with E-state index in [0.29, 0.717) is 17.7 Å². The molecule has 1 aromatic carbocycles. The van der Waals surface area contributed by atoms with Gasteiger partial charge in [0.25, 0.3) is 0 Å². The van der Waals surface area contributed by atoms with Crippen LogP contribution in [0.25, 0.3) is 0 Å². The monoisotopic (exact) mass is 537 g/mol. The van der Waals surface area contributed by atoms with E-state index < -0.39 is 47.1 Å². The third kappa shape index (κ3) is 9.91. The molecule has 10 heteroatoms. The van der Waals surface area contributed by atoms with Gasteiger partial charge in [0, 0.05) is 5.54 Å². The number of aryl methyl sites for hydroxylation is 1. The Balaban J connectivity index is 3.61. The molecule has 0 aliphatic heterocycles. The fourth-order valence-electron chi connectivity index (χ4n) is 3.75. The van der Waals surface area contributed by atoms with E-state index >= 15 is 0 Å². The van der Waals surface area contributed by atoms with Crippen LogP contribution in [0, 0.1) is 13.8 Å². The van der Waals surface area contributed by atoms with Crippen molar-refractivity contribution < 1.29 is 28.7 Å². The molecule has 0 aliphatic carbocycles. The quantitative estimate of drug-likeness (QED) is 0.435. The smallest absolute Gasteiger partial charge is 0.408 e. The van der Waals surface area contributed by atoms with Crippen LogP contribution < -0.4 is 10.6 Å². The molecule has 0 aromatic heterocycles. The van der Waals surface area contributed by atoms with E-state index in [0.717, 1.165) is 11.1 Å². The lowest BCUT2D eigenvalue weighted by molar-refractivity contribution is -0.149. The van der Waals surface area contributed by atoms with Crippen LogP contribution in [0.3, 0.4) is 0 Å². The number of methoxy groups -OCH3 is 1. The summed E-state index contributed by atoms with van der Waals surface area (Å²) in [6.45, 7) is 14.2. The molecule has 2 N–H and O–H groups in total. The number of amides is 3. The summed E-state index contributed by atoms with van der Waals surface area (Å²) in [5.74, 6) is -0.951. The number of nitrogens with zero attached hydrogens (tertiary/aromatic N) is 1. The molecular weight excluding hydrogens is 494 g/mol. The van der Waals surface area contributed by atoms with Crippen LogP contribution in [-0.4, -0.2) is 71.6 Å². The van der Waals surface area contributed by atoms with Crippen LogP contribution in [0.2, 0.25) is 0 Å².